The number of rotatable bonds is 6. The predicted octanol–water partition coefficient (Wildman–Crippen LogP) is 3.26. The van der Waals surface area contributed by atoms with E-state index in [1.165, 1.54) is 32.3 Å². The third-order valence-corrected chi connectivity index (χ3v) is 5.51. The number of hydrogen-bond acceptors (Lipinski definition) is 4. The SMILES string of the molecule is CN(C)S(=O)(=O)c1cccc(NC(=O)COc2cc(Cl)ccc2Cl)c1. The van der Waals surface area contributed by atoms with Gasteiger partial charge in [0.1, 0.15) is 5.75 Å². The van der Waals surface area contributed by atoms with Crippen molar-refractivity contribution in [2.24, 2.45) is 0 Å². The van der Waals surface area contributed by atoms with Gasteiger partial charge in [0.15, 0.2) is 6.61 Å². The Morgan fingerprint density at radius 1 is 1.16 bits per heavy atom. The van der Waals surface area contributed by atoms with Crippen LogP contribution in [0.15, 0.2) is 47.4 Å². The lowest BCUT2D eigenvalue weighted by Crippen LogP contribution is -2.23. The standard InChI is InChI=1S/C16H16Cl2N2O4S/c1-20(2)25(22,23)13-5-3-4-12(9-13)19-16(21)10-24-15-8-11(17)6-7-14(15)18/h3-9H,10H2,1-2H3,(H,19,21). The lowest BCUT2D eigenvalue weighted by molar-refractivity contribution is -0.118. The molecule has 6 nitrogen and oxygen atoms in total. The summed E-state index contributed by atoms with van der Waals surface area (Å²) in [6, 6.07) is 10.6. The molecule has 2 rings (SSSR count). The Morgan fingerprint density at radius 2 is 1.88 bits per heavy atom. The highest BCUT2D eigenvalue weighted by Gasteiger charge is 2.17. The first kappa shape index (κ1) is 19.5. The highest BCUT2D eigenvalue weighted by atomic mass is 35.5. The Balaban J connectivity index is 2.05. The van der Waals surface area contributed by atoms with Gasteiger partial charge in [-0.05, 0) is 30.3 Å². The van der Waals surface area contributed by atoms with Crippen LogP contribution in [-0.2, 0) is 14.8 Å². The average molecular weight is 403 g/mol. The molecule has 0 fully saturated rings. The minimum Gasteiger partial charge on any atom is -0.482 e. The van der Waals surface area contributed by atoms with Crippen molar-refractivity contribution in [3.63, 3.8) is 0 Å². The van der Waals surface area contributed by atoms with E-state index in [4.69, 9.17) is 27.9 Å². The lowest BCUT2D eigenvalue weighted by Gasteiger charge is -2.13. The fraction of sp³-hybridized carbons (Fsp3) is 0.188. The summed E-state index contributed by atoms with van der Waals surface area (Å²) < 4.78 is 30.7. The van der Waals surface area contributed by atoms with Gasteiger partial charge >= 0.3 is 0 Å². The van der Waals surface area contributed by atoms with Crippen LogP contribution in [0.3, 0.4) is 0 Å². The molecule has 0 spiro atoms. The van der Waals surface area contributed by atoms with Gasteiger partial charge in [0.25, 0.3) is 5.91 Å². The molecule has 0 aromatic heterocycles. The molecule has 0 heterocycles. The van der Waals surface area contributed by atoms with Crippen molar-refractivity contribution in [3.8, 4) is 5.75 Å². The molecule has 0 radical (unpaired) electrons. The molecule has 0 bridgehead atoms. The number of sulfonamides is 1. The number of carbonyl (C=O) groups excluding carboxylic acids is 1. The van der Waals surface area contributed by atoms with Crippen LogP contribution in [0.2, 0.25) is 10.0 Å². The maximum Gasteiger partial charge on any atom is 0.262 e. The van der Waals surface area contributed by atoms with Crippen molar-refractivity contribution in [2.45, 2.75) is 4.90 Å². The Bertz CT molecular complexity index is 885. The summed E-state index contributed by atoms with van der Waals surface area (Å²) in [7, 11) is -0.715. The number of nitrogens with zero attached hydrogens (tertiary/aromatic N) is 1. The van der Waals surface area contributed by atoms with Gasteiger partial charge in [0, 0.05) is 30.9 Å². The molecule has 1 N–H and O–H groups in total. The summed E-state index contributed by atoms with van der Waals surface area (Å²) in [5.41, 5.74) is 0.341. The molecule has 0 atom stereocenters. The van der Waals surface area contributed by atoms with Crippen LogP contribution in [0.1, 0.15) is 0 Å². The molecule has 0 aliphatic heterocycles. The van der Waals surface area contributed by atoms with E-state index in [9.17, 15) is 13.2 Å². The van der Waals surface area contributed by atoms with Crippen LogP contribution in [0.5, 0.6) is 5.75 Å². The molecular formula is C16H16Cl2N2O4S. The van der Waals surface area contributed by atoms with Crippen molar-refractivity contribution in [1.82, 2.24) is 4.31 Å². The quantitative estimate of drug-likeness (QED) is 0.804. The van der Waals surface area contributed by atoms with Crippen LogP contribution in [0.25, 0.3) is 0 Å². The van der Waals surface area contributed by atoms with Crippen molar-refractivity contribution in [2.75, 3.05) is 26.0 Å². The van der Waals surface area contributed by atoms with E-state index in [-0.39, 0.29) is 17.3 Å². The molecule has 2 aromatic rings. The zero-order valence-electron chi connectivity index (χ0n) is 13.5. The normalized spacial score (nSPS) is 11.4. The van der Waals surface area contributed by atoms with Gasteiger partial charge in [0.05, 0.1) is 9.92 Å². The smallest absolute Gasteiger partial charge is 0.262 e. The van der Waals surface area contributed by atoms with E-state index in [0.29, 0.717) is 15.7 Å². The van der Waals surface area contributed by atoms with Crippen LogP contribution in [-0.4, -0.2) is 39.3 Å². The maximum absolute atomic E-state index is 12.1. The van der Waals surface area contributed by atoms with E-state index in [1.54, 1.807) is 24.3 Å². The van der Waals surface area contributed by atoms with Gasteiger partial charge < -0.3 is 10.1 Å². The monoisotopic (exact) mass is 402 g/mol. The highest BCUT2D eigenvalue weighted by Crippen LogP contribution is 2.27. The van der Waals surface area contributed by atoms with Crippen molar-refractivity contribution < 1.29 is 17.9 Å². The van der Waals surface area contributed by atoms with E-state index in [1.807, 2.05) is 0 Å². The summed E-state index contributed by atoms with van der Waals surface area (Å²) in [6.07, 6.45) is 0. The second kappa shape index (κ2) is 8.05. The molecule has 0 aliphatic carbocycles. The van der Waals surface area contributed by atoms with Crippen LogP contribution < -0.4 is 10.1 Å². The van der Waals surface area contributed by atoms with Crippen LogP contribution >= 0.6 is 23.2 Å². The van der Waals surface area contributed by atoms with Crippen LogP contribution in [0.4, 0.5) is 5.69 Å². The van der Waals surface area contributed by atoms with E-state index in [2.05, 4.69) is 5.32 Å². The number of hydrogen-bond donors (Lipinski definition) is 1. The highest BCUT2D eigenvalue weighted by molar-refractivity contribution is 7.89. The topological polar surface area (TPSA) is 75.7 Å². The molecule has 0 unspecified atom stereocenters. The van der Waals surface area contributed by atoms with E-state index < -0.39 is 15.9 Å². The minimum absolute atomic E-state index is 0.0779. The number of amides is 1. The first-order valence-electron chi connectivity index (χ1n) is 7.10. The summed E-state index contributed by atoms with van der Waals surface area (Å²) >= 11 is 11.8. The lowest BCUT2D eigenvalue weighted by atomic mass is 10.3. The first-order valence-corrected chi connectivity index (χ1v) is 9.30. The van der Waals surface area contributed by atoms with Gasteiger partial charge in [-0.25, -0.2) is 12.7 Å². The molecule has 25 heavy (non-hydrogen) atoms. The molecule has 134 valence electrons. The summed E-state index contributed by atoms with van der Waals surface area (Å²) in [5, 5.41) is 3.34. The minimum atomic E-state index is -3.58. The fourth-order valence-corrected chi connectivity index (χ4v) is 3.16. The first-order chi connectivity index (χ1) is 11.7. The second-order valence-corrected chi connectivity index (χ2v) is 8.22. The zero-order valence-corrected chi connectivity index (χ0v) is 15.8. The van der Waals surface area contributed by atoms with E-state index in [0.717, 1.165) is 4.31 Å². The van der Waals surface area contributed by atoms with E-state index >= 15 is 0 Å². The molecular weight excluding hydrogens is 387 g/mol. The Labute approximate surface area is 156 Å². The van der Waals surface area contributed by atoms with Gasteiger partial charge in [0.2, 0.25) is 10.0 Å². The molecule has 2 aromatic carbocycles. The maximum atomic E-state index is 12.1. The number of carbonyl (C=O) groups is 1. The molecule has 0 saturated heterocycles. The van der Waals surface area contributed by atoms with Gasteiger partial charge in [-0.1, -0.05) is 29.3 Å². The number of ether oxygens (including phenoxy) is 1. The zero-order chi connectivity index (χ0) is 18.6. The molecule has 0 saturated carbocycles. The van der Waals surface area contributed by atoms with Gasteiger partial charge in [-0.15, -0.1) is 0 Å². The summed E-state index contributed by atoms with van der Waals surface area (Å²) in [4.78, 5) is 12.1. The Hall–Kier alpha value is -1.80. The largest absolute Gasteiger partial charge is 0.482 e. The number of nitrogens with one attached hydrogen (secondary N) is 1. The third kappa shape index (κ3) is 5.09. The molecule has 0 aliphatic rings. The number of anilines is 1. The van der Waals surface area contributed by atoms with Crippen LogP contribution in [0, 0.1) is 0 Å². The Morgan fingerprint density at radius 3 is 2.56 bits per heavy atom. The van der Waals surface area contributed by atoms with Gasteiger partial charge in [-0.2, -0.15) is 0 Å². The number of halogens is 2. The Kier molecular flexibility index (Phi) is 6.29. The van der Waals surface area contributed by atoms with Crippen molar-refractivity contribution >= 4 is 44.8 Å². The van der Waals surface area contributed by atoms with Crippen molar-refractivity contribution in [1.29, 1.82) is 0 Å². The predicted molar refractivity (Wildman–Crippen MR) is 97.9 cm³/mol. The second-order valence-electron chi connectivity index (χ2n) is 5.23. The molecule has 1 amide bonds. The molecule has 9 heteroatoms. The third-order valence-electron chi connectivity index (χ3n) is 3.15. The number of benzene rings is 2. The fourth-order valence-electron chi connectivity index (χ4n) is 1.87. The summed E-state index contributed by atoms with van der Waals surface area (Å²) in [6.45, 7) is -0.301. The summed E-state index contributed by atoms with van der Waals surface area (Å²) in [5.74, 6) is -0.177. The average Bonchev–Trinajstić information content (AvgIpc) is 2.55. The van der Waals surface area contributed by atoms with Gasteiger partial charge in [-0.3, -0.25) is 4.79 Å². The van der Waals surface area contributed by atoms with Crippen molar-refractivity contribution in [3.05, 3.63) is 52.5 Å².